The summed E-state index contributed by atoms with van der Waals surface area (Å²) in [6.07, 6.45) is 1.52. The molecule has 2 amide bonds. The van der Waals surface area contributed by atoms with Crippen molar-refractivity contribution in [3.63, 3.8) is 0 Å². The molecule has 1 heterocycles. The molecular formula is C11H11N3O2. The van der Waals surface area contributed by atoms with Crippen LogP contribution >= 0.6 is 0 Å². The molecule has 0 aliphatic carbocycles. The summed E-state index contributed by atoms with van der Waals surface area (Å²) < 4.78 is 5.52. The number of aryl methyl sites for hydroxylation is 1. The largest absolute Gasteiger partial charge is 0.461 e. The van der Waals surface area contributed by atoms with E-state index in [1.165, 1.54) is 6.21 Å². The van der Waals surface area contributed by atoms with Crippen LogP contribution in [0.3, 0.4) is 0 Å². The fourth-order valence-corrected chi connectivity index (χ4v) is 1.51. The van der Waals surface area contributed by atoms with Crippen molar-refractivity contribution in [3.05, 3.63) is 35.6 Å². The Kier molecular flexibility index (Phi) is 2.59. The Hall–Kier alpha value is -2.30. The van der Waals surface area contributed by atoms with Crippen LogP contribution in [0.2, 0.25) is 0 Å². The number of carbonyl (C=O) groups is 1. The van der Waals surface area contributed by atoms with Gasteiger partial charge in [0.1, 0.15) is 11.3 Å². The molecule has 5 nitrogen and oxygen atoms in total. The minimum Gasteiger partial charge on any atom is -0.461 e. The molecule has 5 heteroatoms. The van der Waals surface area contributed by atoms with Crippen LogP contribution in [-0.2, 0) is 0 Å². The smallest absolute Gasteiger partial charge is 0.332 e. The number of furan rings is 1. The number of rotatable bonds is 2. The maximum atomic E-state index is 10.5. The zero-order chi connectivity index (χ0) is 11.5. The van der Waals surface area contributed by atoms with Crippen LogP contribution in [0.1, 0.15) is 11.3 Å². The first kappa shape index (κ1) is 10.2. The number of fused-ring (bicyclic) bond motifs is 1. The van der Waals surface area contributed by atoms with Crippen molar-refractivity contribution < 1.29 is 9.21 Å². The van der Waals surface area contributed by atoms with Crippen LogP contribution in [0.5, 0.6) is 0 Å². The van der Waals surface area contributed by atoms with E-state index < -0.39 is 6.03 Å². The lowest BCUT2D eigenvalue weighted by molar-refractivity contribution is 0.249. The molecule has 0 fully saturated rings. The normalized spacial score (nSPS) is 11.1. The number of nitrogens with zero attached hydrogens (tertiary/aromatic N) is 1. The van der Waals surface area contributed by atoms with Gasteiger partial charge in [-0.1, -0.05) is 18.2 Å². The van der Waals surface area contributed by atoms with Gasteiger partial charge >= 0.3 is 6.03 Å². The molecular weight excluding hydrogens is 206 g/mol. The van der Waals surface area contributed by atoms with Crippen molar-refractivity contribution in [2.45, 2.75) is 6.92 Å². The standard InChI is InChI=1S/C11H11N3O2/c1-7-9(6-13-14-11(12)15)8-4-2-3-5-10(8)16-7/h2-6H,1H3,(H3,12,14,15)/b13-6+. The van der Waals surface area contributed by atoms with Crippen LogP contribution in [0, 0.1) is 6.92 Å². The Morgan fingerprint density at radius 2 is 2.25 bits per heavy atom. The predicted molar refractivity (Wildman–Crippen MR) is 61.3 cm³/mol. The van der Waals surface area contributed by atoms with Gasteiger partial charge in [-0.3, -0.25) is 0 Å². The van der Waals surface area contributed by atoms with E-state index in [1.807, 2.05) is 31.2 Å². The lowest BCUT2D eigenvalue weighted by Crippen LogP contribution is -2.24. The number of para-hydroxylation sites is 1. The molecule has 16 heavy (non-hydrogen) atoms. The Morgan fingerprint density at radius 1 is 1.50 bits per heavy atom. The molecule has 0 aliphatic rings. The molecule has 0 saturated heterocycles. The van der Waals surface area contributed by atoms with E-state index >= 15 is 0 Å². The fourth-order valence-electron chi connectivity index (χ4n) is 1.51. The summed E-state index contributed by atoms with van der Waals surface area (Å²) in [4.78, 5) is 10.5. The quantitative estimate of drug-likeness (QED) is 0.593. The third kappa shape index (κ3) is 1.88. The SMILES string of the molecule is Cc1oc2ccccc2c1/C=N/NC(N)=O. The van der Waals surface area contributed by atoms with E-state index in [4.69, 9.17) is 10.2 Å². The van der Waals surface area contributed by atoms with Gasteiger partial charge in [-0.25, -0.2) is 10.2 Å². The van der Waals surface area contributed by atoms with E-state index in [0.29, 0.717) is 0 Å². The molecule has 0 aliphatic heterocycles. The zero-order valence-electron chi connectivity index (χ0n) is 8.73. The highest BCUT2D eigenvalue weighted by molar-refractivity contribution is 5.99. The third-order valence-electron chi connectivity index (χ3n) is 2.19. The molecule has 2 aromatic rings. The van der Waals surface area contributed by atoms with Crippen molar-refractivity contribution in [1.82, 2.24) is 5.43 Å². The Labute approximate surface area is 91.9 Å². The van der Waals surface area contributed by atoms with Crippen LogP contribution in [-0.4, -0.2) is 12.2 Å². The number of hydrogen-bond donors (Lipinski definition) is 2. The van der Waals surface area contributed by atoms with Crippen molar-refractivity contribution in [3.8, 4) is 0 Å². The third-order valence-corrected chi connectivity index (χ3v) is 2.19. The Morgan fingerprint density at radius 3 is 3.00 bits per heavy atom. The summed E-state index contributed by atoms with van der Waals surface area (Å²) in [5, 5.41) is 4.67. The minimum atomic E-state index is -0.693. The van der Waals surface area contributed by atoms with E-state index in [9.17, 15) is 4.79 Å². The first-order chi connectivity index (χ1) is 7.68. The number of urea groups is 1. The van der Waals surface area contributed by atoms with Gasteiger partial charge in [0.25, 0.3) is 0 Å². The van der Waals surface area contributed by atoms with Crippen LogP contribution in [0.4, 0.5) is 4.79 Å². The summed E-state index contributed by atoms with van der Waals surface area (Å²) in [6.45, 7) is 1.84. The van der Waals surface area contributed by atoms with Gasteiger partial charge in [0.2, 0.25) is 0 Å². The number of benzene rings is 1. The van der Waals surface area contributed by atoms with Crippen LogP contribution < -0.4 is 11.2 Å². The Balaban J connectivity index is 2.39. The first-order valence-electron chi connectivity index (χ1n) is 4.75. The van der Waals surface area contributed by atoms with Gasteiger partial charge < -0.3 is 10.2 Å². The average Bonchev–Trinajstić information content (AvgIpc) is 2.55. The van der Waals surface area contributed by atoms with E-state index in [-0.39, 0.29) is 0 Å². The van der Waals surface area contributed by atoms with Crippen molar-refractivity contribution in [1.29, 1.82) is 0 Å². The molecule has 1 aromatic heterocycles. The van der Waals surface area contributed by atoms with Crippen LogP contribution in [0.15, 0.2) is 33.8 Å². The summed E-state index contributed by atoms with van der Waals surface area (Å²) >= 11 is 0. The number of nitrogens with one attached hydrogen (secondary N) is 1. The maximum absolute atomic E-state index is 10.5. The number of hydrogen-bond acceptors (Lipinski definition) is 3. The topological polar surface area (TPSA) is 80.6 Å². The van der Waals surface area contributed by atoms with E-state index in [1.54, 1.807) is 0 Å². The fraction of sp³-hybridized carbons (Fsp3) is 0.0909. The number of hydrazone groups is 1. The van der Waals surface area contributed by atoms with Crippen molar-refractivity contribution in [2.75, 3.05) is 0 Å². The number of primary amides is 1. The molecule has 0 saturated carbocycles. The summed E-state index contributed by atoms with van der Waals surface area (Å²) in [5.74, 6) is 0.747. The molecule has 0 unspecified atom stereocenters. The number of amides is 2. The molecule has 3 N–H and O–H groups in total. The van der Waals surface area contributed by atoms with Crippen molar-refractivity contribution >= 4 is 23.2 Å². The predicted octanol–water partition coefficient (Wildman–Crippen LogP) is 1.74. The second-order valence-electron chi connectivity index (χ2n) is 3.30. The Bertz CT molecular complexity index is 557. The highest BCUT2D eigenvalue weighted by Crippen LogP contribution is 2.23. The van der Waals surface area contributed by atoms with Gasteiger partial charge in [0, 0.05) is 10.9 Å². The molecule has 0 bridgehead atoms. The van der Waals surface area contributed by atoms with Gasteiger partial charge in [0.05, 0.1) is 6.21 Å². The number of carbonyl (C=O) groups excluding carboxylic acids is 1. The zero-order valence-corrected chi connectivity index (χ0v) is 8.73. The lowest BCUT2D eigenvalue weighted by Gasteiger charge is -1.92. The lowest BCUT2D eigenvalue weighted by atomic mass is 10.1. The summed E-state index contributed by atoms with van der Waals surface area (Å²) in [7, 11) is 0. The van der Waals surface area contributed by atoms with Gasteiger partial charge in [-0.2, -0.15) is 5.10 Å². The summed E-state index contributed by atoms with van der Waals surface area (Å²) in [6, 6.07) is 6.92. The van der Waals surface area contributed by atoms with Gasteiger partial charge in [-0.15, -0.1) is 0 Å². The molecule has 0 spiro atoms. The monoisotopic (exact) mass is 217 g/mol. The highest BCUT2D eigenvalue weighted by Gasteiger charge is 2.07. The van der Waals surface area contributed by atoms with E-state index in [0.717, 1.165) is 22.3 Å². The molecule has 1 aromatic carbocycles. The second kappa shape index (κ2) is 4.06. The highest BCUT2D eigenvalue weighted by atomic mass is 16.3. The minimum absolute atomic E-state index is 0.693. The summed E-state index contributed by atoms with van der Waals surface area (Å²) in [5.41, 5.74) is 8.67. The first-order valence-corrected chi connectivity index (χ1v) is 4.75. The molecule has 2 rings (SSSR count). The van der Waals surface area contributed by atoms with Crippen LogP contribution in [0.25, 0.3) is 11.0 Å². The maximum Gasteiger partial charge on any atom is 0.332 e. The van der Waals surface area contributed by atoms with Gasteiger partial charge in [0.15, 0.2) is 0 Å². The second-order valence-corrected chi connectivity index (χ2v) is 3.30. The molecule has 0 atom stereocenters. The number of nitrogens with two attached hydrogens (primary N) is 1. The average molecular weight is 217 g/mol. The molecule has 82 valence electrons. The molecule has 0 radical (unpaired) electrons. The van der Waals surface area contributed by atoms with Gasteiger partial charge in [-0.05, 0) is 13.0 Å². The van der Waals surface area contributed by atoms with Crippen molar-refractivity contribution in [2.24, 2.45) is 10.8 Å². The van der Waals surface area contributed by atoms with E-state index in [2.05, 4.69) is 10.5 Å².